The first kappa shape index (κ1) is 18.5. The minimum absolute atomic E-state index is 0.0237. The highest BCUT2D eigenvalue weighted by Crippen LogP contribution is 2.37. The van der Waals surface area contributed by atoms with Gasteiger partial charge in [0.25, 0.3) is 11.6 Å². The average Bonchev–Trinajstić information content (AvgIpc) is 2.87. The van der Waals surface area contributed by atoms with E-state index in [4.69, 9.17) is 26.8 Å². The third-order valence-electron chi connectivity index (χ3n) is 3.62. The summed E-state index contributed by atoms with van der Waals surface area (Å²) in [6, 6.07) is 6.91. The summed E-state index contributed by atoms with van der Waals surface area (Å²) in [7, 11) is 0. The molecule has 27 heavy (non-hydrogen) atoms. The second-order valence-electron chi connectivity index (χ2n) is 5.65. The molecule has 10 heteroatoms. The molecule has 0 radical (unpaired) electrons. The number of amides is 1. The van der Waals surface area contributed by atoms with E-state index in [1.807, 2.05) is 0 Å². The van der Waals surface area contributed by atoms with Crippen LogP contribution in [0.1, 0.15) is 22.3 Å². The maximum absolute atomic E-state index is 12.1. The monoisotopic (exact) mass is 390 g/mol. The number of fused-ring (bicyclic) bond motifs is 1. The predicted molar refractivity (Wildman–Crippen MR) is 99.6 cm³/mol. The van der Waals surface area contributed by atoms with E-state index in [0.29, 0.717) is 35.3 Å². The lowest BCUT2D eigenvalue weighted by atomic mass is 10.1. The molecule has 0 aromatic heterocycles. The first-order valence-electron chi connectivity index (χ1n) is 7.91. The summed E-state index contributed by atoms with van der Waals surface area (Å²) in [5.41, 5.74) is 8.31. The number of nitro benzene ring substituents is 1. The van der Waals surface area contributed by atoms with Crippen LogP contribution < -0.4 is 20.6 Å². The Labute approximate surface area is 158 Å². The van der Waals surface area contributed by atoms with Crippen LogP contribution in [-0.4, -0.2) is 30.3 Å². The number of hydrogen-bond donors (Lipinski definition) is 2. The number of rotatable bonds is 4. The van der Waals surface area contributed by atoms with Gasteiger partial charge in [0.15, 0.2) is 11.5 Å². The Balaban J connectivity index is 1.74. The highest BCUT2D eigenvalue weighted by Gasteiger charge is 2.16. The van der Waals surface area contributed by atoms with Gasteiger partial charge in [0, 0.05) is 24.2 Å². The van der Waals surface area contributed by atoms with Gasteiger partial charge in [-0.05, 0) is 23.8 Å². The van der Waals surface area contributed by atoms with Gasteiger partial charge in [0.2, 0.25) is 0 Å². The highest BCUT2D eigenvalue weighted by molar-refractivity contribution is 6.32. The molecule has 1 aliphatic rings. The summed E-state index contributed by atoms with van der Waals surface area (Å²) in [6.07, 6.45) is 2.12. The van der Waals surface area contributed by atoms with Gasteiger partial charge in [0.05, 0.1) is 34.9 Å². The molecule has 0 bridgehead atoms. The lowest BCUT2D eigenvalue weighted by Gasteiger charge is -2.09. The maximum atomic E-state index is 12.1. The van der Waals surface area contributed by atoms with Crippen LogP contribution >= 0.6 is 11.6 Å². The molecule has 3 rings (SSSR count). The zero-order chi connectivity index (χ0) is 19.4. The molecule has 0 aliphatic carbocycles. The van der Waals surface area contributed by atoms with Crippen molar-refractivity contribution in [2.24, 2.45) is 5.10 Å². The molecular weight excluding hydrogens is 376 g/mol. The van der Waals surface area contributed by atoms with Crippen LogP contribution in [0.15, 0.2) is 35.4 Å². The average molecular weight is 391 g/mol. The molecule has 0 atom stereocenters. The van der Waals surface area contributed by atoms with E-state index >= 15 is 0 Å². The lowest BCUT2D eigenvalue weighted by Crippen LogP contribution is -2.18. The first-order valence-corrected chi connectivity index (χ1v) is 8.29. The molecular formula is C17H15ClN4O5. The topological polar surface area (TPSA) is 129 Å². The summed E-state index contributed by atoms with van der Waals surface area (Å²) >= 11 is 6.19. The Morgan fingerprint density at radius 3 is 2.81 bits per heavy atom. The van der Waals surface area contributed by atoms with E-state index in [0.717, 1.165) is 12.5 Å². The molecule has 0 saturated carbocycles. The number of halogens is 1. The van der Waals surface area contributed by atoms with Gasteiger partial charge >= 0.3 is 0 Å². The molecule has 1 amide bonds. The fraction of sp³-hybridized carbons (Fsp3) is 0.176. The van der Waals surface area contributed by atoms with E-state index < -0.39 is 10.8 Å². The lowest BCUT2D eigenvalue weighted by molar-refractivity contribution is -0.384. The number of nitrogens with two attached hydrogens (primary N) is 1. The van der Waals surface area contributed by atoms with Gasteiger partial charge < -0.3 is 15.2 Å². The Bertz CT molecular complexity index is 932. The number of carbonyl (C=O) groups excluding carboxylic acids is 1. The van der Waals surface area contributed by atoms with Crippen LogP contribution in [0.2, 0.25) is 5.02 Å². The van der Waals surface area contributed by atoms with Gasteiger partial charge in [-0.25, -0.2) is 5.43 Å². The van der Waals surface area contributed by atoms with Crippen molar-refractivity contribution >= 4 is 35.1 Å². The number of nitrogen functional groups attached to an aromatic ring is 1. The third-order valence-corrected chi connectivity index (χ3v) is 3.90. The number of anilines is 1. The summed E-state index contributed by atoms with van der Waals surface area (Å²) in [6.45, 7) is 1.03. The molecule has 9 nitrogen and oxygen atoms in total. The number of non-ortho nitro benzene ring substituents is 1. The summed E-state index contributed by atoms with van der Waals surface area (Å²) in [5, 5.41) is 15.1. The van der Waals surface area contributed by atoms with E-state index in [1.165, 1.54) is 18.3 Å². The Morgan fingerprint density at radius 1 is 1.26 bits per heavy atom. The van der Waals surface area contributed by atoms with Crippen molar-refractivity contribution in [3.05, 3.63) is 56.6 Å². The van der Waals surface area contributed by atoms with Crippen LogP contribution in [-0.2, 0) is 0 Å². The fourth-order valence-corrected chi connectivity index (χ4v) is 2.70. The Hall–Kier alpha value is -3.33. The zero-order valence-corrected chi connectivity index (χ0v) is 14.7. The van der Waals surface area contributed by atoms with Gasteiger partial charge in [0.1, 0.15) is 0 Å². The van der Waals surface area contributed by atoms with Crippen molar-refractivity contribution in [3.8, 4) is 11.5 Å². The van der Waals surface area contributed by atoms with Crippen LogP contribution in [0.25, 0.3) is 0 Å². The van der Waals surface area contributed by atoms with Gasteiger partial charge in [-0.1, -0.05) is 11.6 Å². The van der Waals surface area contributed by atoms with Crippen LogP contribution in [0.4, 0.5) is 11.4 Å². The Kier molecular flexibility index (Phi) is 5.41. The molecule has 2 aromatic rings. The second kappa shape index (κ2) is 7.92. The van der Waals surface area contributed by atoms with E-state index in [1.54, 1.807) is 12.1 Å². The highest BCUT2D eigenvalue weighted by atomic mass is 35.5. The number of ether oxygens (including phenoxy) is 2. The van der Waals surface area contributed by atoms with Crippen molar-refractivity contribution in [1.82, 2.24) is 5.43 Å². The molecule has 1 heterocycles. The quantitative estimate of drug-likeness (QED) is 0.357. The minimum atomic E-state index is -0.637. The van der Waals surface area contributed by atoms with Crippen molar-refractivity contribution < 1.29 is 19.2 Å². The second-order valence-corrected chi connectivity index (χ2v) is 6.06. The minimum Gasteiger partial charge on any atom is -0.489 e. The van der Waals surface area contributed by atoms with Gasteiger partial charge in [-0.2, -0.15) is 5.10 Å². The molecule has 1 aliphatic heterocycles. The number of benzene rings is 2. The molecule has 0 spiro atoms. The summed E-state index contributed by atoms with van der Waals surface area (Å²) < 4.78 is 11.1. The molecule has 0 fully saturated rings. The van der Waals surface area contributed by atoms with Crippen LogP contribution in [0, 0.1) is 10.1 Å². The van der Waals surface area contributed by atoms with Crippen molar-refractivity contribution in [2.75, 3.05) is 18.9 Å². The number of nitrogens with one attached hydrogen (secondary N) is 1. The zero-order valence-electron chi connectivity index (χ0n) is 14.0. The van der Waals surface area contributed by atoms with E-state index in [2.05, 4.69) is 10.5 Å². The molecule has 0 unspecified atom stereocenters. The normalized spacial score (nSPS) is 13.2. The van der Waals surface area contributed by atoms with Crippen LogP contribution in [0.5, 0.6) is 11.5 Å². The first-order chi connectivity index (χ1) is 12.9. The molecule has 2 aromatic carbocycles. The van der Waals surface area contributed by atoms with Gasteiger partial charge in [-0.3, -0.25) is 14.9 Å². The third kappa shape index (κ3) is 4.45. The van der Waals surface area contributed by atoms with Gasteiger partial charge in [-0.15, -0.1) is 0 Å². The van der Waals surface area contributed by atoms with Crippen molar-refractivity contribution in [2.45, 2.75) is 6.42 Å². The van der Waals surface area contributed by atoms with E-state index in [9.17, 15) is 14.9 Å². The smallest absolute Gasteiger partial charge is 0.272 e. The Morgan fingerprint density at radius 2 is 2.04 bits per heavy atom. The SMILES string of the molecule is Nc1cc(C(=O)N/N=C\c2cc(Cl)c3c(c2)OCCCO3)cc([N+](=O)[O-])c1. The number of hydrogen-bond acceptors (Lipinski definition) is 7. The molecule has 140 valence electrons. The number of hydrazone groups is 1. The number of nitrogens with zero attached hydrogens (tertiary/aromatic N) is 2. The predicted octanol–water partition coefficient (Wildman–Crippen LogP) is 2.76. The van der Waals surface area contributed by atoms with Crippen molar-refractivity contribution in [1.29, 1.82) is 0 Å². The molecule has 0 saturated heterocycles. The number of nitro groups is 1. The maximum Gasteiger partial charge on any atom is 0.272 e. The van der Waals surface area contributed by atoms with Crippen molar-refractivity contribution in [3.63, 3.8) is 0 Å². The largest absolute Gasteiger partial charge is 0.489 e. The van der Waals surface area contributed by atoms with E-state index in [-0.39, 0.29) is 16.9 Å². The summed E-state index contributed by atoms with van der Waals surface area (Å²) in [5.74, 6) is 0.337. The molecule has 3 N–H and O–H groups in total. The number of carbonyl (C=O) groups is 1. The van der Waals surface area contributed by atoms with Crippen LogP contribution in [0.3, 0.4) is 0 Å². The standard InChI is InChI=1S/C17H15ClN4O5/c18-14-4-10(5-15-16(14)27-3-1-2-26-15)9-20-21-17(23)11-6-12(19)8-13(7-11)22(24)25/h4-9H,1-3,19H2,(H,21,23)/b20-9-. The fourth-order valence-electron chi connectivity index (χ4n) is 2.43. The summed E-state index contributed by atoms with van der Waals surface area (Å²) in [4.78, 5) is 22.4.